The summed E-state index contributed by atoms with van der Waals surface area (Å²) >= 11 is 0. The van der Waals surface area contributed by atoms with Crippen molar-refractivity contribution in [1.82, 2.24) is 0 Å². The molecule has 0 radical (unpaired) electrons. The average Bonchev–Trinajstić information content (AvgIpc) is 2.64. The number of hydrogen-bond donors (Lipinski definition) is 3. The number of anilines is 1. The van der Waals surface area contributed by atoms with Crippen molar-refractivity contribution in [2.45, 2.75) is 17.9 Å². The van der Waals surface area contributed by atoms with Gasteiger partial charge in [0.1, 0.15) is 5.82 Å². The molecule has 0 aliphatic carbocycles. The van der Waals surface area contributed by atoms with Gasteiger partial charge in [0.2, 0.25) is 5.60 Å². The molecule has 1 aliphatic heterocycles. The molecule has 3 N–H and O–H groups in total. The van der Waals surface area contributed by atoms with Gasteiger partial charge in [-0.2, -0.15) is 0 Å². The number of halogens is 1. The van der Waals surface area contributed by atoms with Gasteiger partial charge in [-0.1, -0.05) is 36.4 Å². The molecule has 2 unspecified atom stereocenters. The lowest BCUT2D eigenvalue weighted by molar-refractivity contribution is -0.166. The Balaban J connectivity index is 2.18. The lowest BCUT2D eigenvalue weighted by Crippen LogP contribution is -2.53. The zero-order valence-electron chi connectivity index (χ0n) is 12.0. The van der Waals surface area contributed by atoms with E-state index in [1.54, 1.807) is 30.3 Å². The zero-order chi connectivity index (χ0) is 16.6. The number of hydrogen-bond acceptors (Lipinski definition) is 3. The lowest BCUT2D eigenvalue weighted by Gasteiger charge is -2.29. The van der Waals surface area contributed by atoms with Crippen LogP contribution in [0.4, 0.5) is 10.1 Å². The molecule has 23 heavy (non-hydrogen) atoms. The third-order valence-corrected chi connectivity index (χ3v) is 4.12. The van der Waals surface area contributed by atoms with Crippen LogP contribution in [0, 0.1) is 5.82 Å². The van der Waals surface area contributed by atoms with Gasteiger partial charge in [-0.15, -0.1) is 0 Å². The fourth-order valence-corrected chi connectivity index (χ4v) is 2.88. The number of rotatable bonds is 2. The summed E-state index contributed by atoms with van der Waals surface area (Å²) in [6.45, 7) is 0. The first-order valence-corrected chi connectivity index (χ1v) is 7.03. The standard InChI is InChI=1S/C17H14FNO4/c18-12-7-6-11-8-13(10-4-2-1-3-5-10)17(23,16(21)22)15(20)19-14(11)9-12/h1-7,9,13,23H,8H2,(H,19,20)(H,21,22). The van der Waals surface area contributed by atoms with E-state index in [9.17, 15) is 24.2 Å². The largest absolute Gasteiger partial charge is 0.479 e. The maximum absolute atomic E-state index is 13.4. The van der Waals surface area contributed by atoms with Gasteiger partial charge in [0.25, 0.3) is 5.91 Å². The summed E-state index contributed by atoms with van der Waals surface area (Å²) in [6, 6.07) is 12.3. The molecule has 2 atom stereocenters. The minimum absolute atomic E-state index is 0.0845. The van der Waals surface area contributed by atoms with Crippen LogP contribution in [0.15, 0.2) is 48.5 Å². The van der Waals surface area contributed by atoms with Crippen molar-refractivity contribution in [3.8, 4) is 0 Å². The number of carbonyl (C=O) groups excluding carboxylic acids is 1. The first kappa shape index (κ1) is 15.2. The highest BCUT2D eigenvalue weighted by atomic mass is 19.1. The maximum Gasteiger partial charge on any atom is 0.346 e. The van der Waals surface area contributed by atoms with Gasteiger partial charge in [-0.3, -0.25) is 4.79 Å². The van der Waals surface area contributed by atoms with Crippen molar-refractivity contribution in [2.75, 3.05) is 5.32 Å². The SMILES string of the molecule is O=C(O)C1(O)C(=O)Nc2cc(F)ccc2CC1c1ccccc1. The predicted octanol–water partition coefficient (Wildman–Crippen LogP) is 1.92. The van der Waals surface area contributed by atoms with Crippen LogP contribution in [0.3, 0.4) is 0 Å². The number of amides is 1. The Labute approximate surface area is 131 Å². The van der Waals surface area contributed by atoms with Crippen molar-refractivity contribution >= 4 is 17.6 Å². The van der Waals surface area contributed by atoms with E-state index >= 15 is 0 Å². The van der Waals surface area contributed by atoms with E-state index in [1.807, 2.05) is 0 Å². The molecule has 0 saturated heterocycles. The van der Waals surface area contributed by atoms with Crippen LogP contribution in [-0.4, -0.2) is 27.7 Å². The highest BCUT2D eigenvalue weighted by Crippen LogP contribution is 2.38. The van der Waals surface area contributed by atoms with E-state index in [0.717, 1.165) is 6.07 Å². The minimum Gasteiger partial charge on any atom is -0.479 e. The molecule has 5 nitrogen and oxygen atoms in total. The summed E-state index contributed by atoms with van der Waals surface area (Å²) in [5, 5.41) is 22.4. The summed E-state index contributed by atoms with van der Waals surface area (Å²) in [5.41, 5.74) is -1.39. The van der Waals surface area contributed by atoms with Crippen LogP contribution in [0.1, 0.15) is 17.0 Å². The highest BCUT2D eigenvalue weighted by Gasteiger charge is 2.53. The molecular weight excluding hydrogens is 301 g/mol. The van der Waals surface area contributed by atoms with Crippen molar-refractivity contribution in [2.24, 2.45) is 0 Å². The van der Waals surface area contributed by atoms with Crippen LogP contribution in [0.25, 0.3) is 0 Å². The van der Waals surface area contributed by atoms with Crippen LogP contribution in [0.5, 0.6) is 0 Å². The Kier molecular flexibility index (Phi) is 3.61. The summed E-state index contributed by atoms with van der Waals surface area (Å²) < 4.78 is 13.4. The monoisotopic (exact) mass is 315 g/mol. The molecular formula is C17H14FNO4. The Morgan fingerprint density at radius 3 is 2.57 bits per heavy atom. The van der Waals surface area contributed by atoms with Gasteiger partial charge >= 0.3 is 5.97 Å². The van der Waals surface area contributed by atoms with E-state index < -0.39 is 29.2 Å². The van der Waals surface area contributed by atoms with Gasteiger partial charge in [0.15, 0.2) is 0 Å². The summed E-state index contributed by atoms with van der Waals surface area (Å²) in [7, 11) is 0. The molecule has 3 rings (SSSR count). The Morgan fingerprint density at radius 2 is 1.91 bits per heavy atom. The smallest absolute Gasteiger partial charge is 0.346 e. The van der Waals surface area contributed by atoms with Crippen LogP contribution >= 0.6 is 0 Å². The Morgan fingerprint density at radius 1 is 1.22 bits per heavy atom. The van der Waals surface area contributed by atoms with Crippen LogP contribution in [0.2, 0.25) is 0 Å². The van der Waals surface area contributed by atoms with Gasteiger partial charge in [0.05, 0.1) is 0 Å². The molecule has 2 aromatic rings. The third-order valence-electron chi connectivity index (χ3n) is 4.12. The van der Waals surface area contributed by atoms with Gasteiger partial charge < -0.3 is 15.5 Å². The first-order valence-electron chi connectivity index (χ1n) is 7.03. The molecule has 6 heteroatoms. The Bertz CT molecular complexity index is 777. The lowest BCUT2D eigenvalue weighted by atomic mass is 9.78. The summed E-state index contributed by atoms with van der Waals surface area (Å²) in [5.74, 6) is -4.27. The van der Waals surface area contributed by atoms with E-state index in [4.69, 9.17) is 0 Å². The Hall–Kier alpha value is -2.73. The number of benzene rings is 2. The molecule has 1 aliphatic rings. The molecule has 2 aromatic carbocycles. The number of carboxylic acids is 1. The van der Waals surface area contributed by atoms with E-state index in [1.165, 1.54) is 12.1 Å². The molecule has 1 heterocycles. The zero-order valence-corrected chi connectivity index (χ0v) is 12.0. The fraction of sp³-hybridized carbons (Fsp3) is 0.176. The molecule has 0 spiro atoms. The molecule has 118 valence electrons. The van der Waals surface area contributed by atoms with Gasteiger partial charge in [0, 0.05) is 11.6 Å². The van der Waals surface area contributed by atoms with Crippen LogP contribution in [-0.2, 0) is 16.0 Å². The molecule has 0 saturated carbocycles. The second-order valence-corrected chi connectivity index (χ2v) is 5.49. The van der Waals surface area contributed by atoms with Crippen LogP contribution < -0.4 is 5.32 Å². The summed E-state index contributed by atoms with van der Waals surface area (Å²) in [4.78, 5) is 24.0. The van der Waals surface area contributed by atoms with Crippen molar-refractivity contribution in [3.05, 3.63) is 65.5 Å². The number of aliphatic hydroxyl groups is 1. The quantitative estimate of drug-likeness (QED) is 0.739. The third kappa shape index (κ3) is 2.47. The highest BCUT2D eigenvalue weighted by molar-refractivity contribution is 6.13. The normalized spacial score (nSPS) is 23.6. The first-order chi connectivity index (χ1) is 10.9. The number of aliphatic carboxylic acids is 1. The predicted molar refractivity (Wildman–Crippen MR) is 80.5 cm³/mol. The van der Waals surface area contributed by atoms with E-state index in [-0.39, 0.29) is 12.1 Å². The maximum atomic E-state index is 13.4. The molecule has 0 aromatic heterocycles. The second-order valence-electron chi connectivity index (χ2n) is 5.49. The van der Waals surface area contributed by atoms with Gasteiger partial charge in [-0.05, 0) is 29.7 Å². The molecule has 0 fully saturated rings. The minimum atomic E-state index is -2.64. The number of nitrogens with one attached hydrogen (secondary N) is 1. The number of carboxylic acid groups (broad SMARTS) is 1. The molecule has 1 amide bonds. The fourth-order valence-electron chi connectivity index (χ4n) is 2.88. The number of fused-ring (bicyclic) bond motifs is 1. The number of carbonyl (C=O) groups is 2. The van der Waals surface area contributed by atoms with Gasteiger partial charge in [-0.25, -0.2) is 9.18 Å². The second kappa shape index (κ2) is 5.48. The topological polar surface area (TPSA) is 86.6 Å². The summed E-state index contributed by atoms with van der Waals surface area (Å²) in [6.07, 6.45) is 0.0845. The average molecular weight is 315 g/mol. The van der Waals surface area contributed by atoms with Crippen molar-refractivity contribution in [3.63, 3.8) is 0 Å². The van der Waals surface area contributed by atoms with Crippen molar-refractivity contribution < 1.29 is 24.2 Å². The molecule has 0 bridgehead atoms. The van der Waals surface area contributed by atoms with Crippen molar-refractivity contribution in [1.29, 1.82) is 0 Å². The van der Waals surface area contributed by atoms with E-state index in [2.05, 4.69) is 5.32 Å². The van der Waals surface area contributed by atoms with E-state index in [0.29, 0.717) is 11.1 Å².